The summed E-state index contributed by atoms with van der Waals surface area (Å²) in [5.74, 6) is -6.46. The van der Waals surface area contributed by atoms with E-state index < -0.39 is 83.3 Å². The lowest BCUT2D eigenvalue weighted by atomic mass is 9.46. The molecule has 0 aromatic carbocycles. The largest absolute Gasteiger partial charge is 0.393 e. The van der Waals surface area contributed by atoms with Crippen molar-refractivity contribution in [3.63, 3.8) is 0 Å². The molecule has 4 aliphatic rings. The minimum atomic E-state index is -3.29. The number of hydrogen-bond acceptors (Lipinski definition) is 5. The van der Waals surface area contributed by atoms with Crippen LogP contribution >= 0.6 is 0 Å². The molecule has 8 atom stereocenters. The second kappa shape index (κ2) is 5.60. The molecule has 0 heterocycles. The molecule has 3 N–H and O–H groups in total. The molecule has 5 nitrogen and oxygen atoms in total. The summed E-state index contributed by atoms with van der Waals surface area (Å²) in [6, 6.07) is -1.29. The Morgan fingerprint density at radius 1 is 1.46 bits per heavy atom. The Morgan fingerprint density at radius 3 is 2.88 bits per heavy atom. The Kier molecular flexibility index (Phi) is 2.48. The fourth-order valence-electron chi connectivity index (χ4n) is 5.49. The lowest BCUT2D eigenvalue weighted by molar-refractivity contribution is -0.178. The summed E-state index contributed by atoms with van der Waals surface area (Å²) in [7, 11) is 0. The Bertz CT molecular complexity index is 1020. The number of carbonyl (C=O) groups is 2. The average molecular weight is 367 g/mol. The molecule has 1 unspecified atom stereocenters. The smallest absolute Gasteiger partial charge is 0.190 e. The minimum absolute atomic E-state index is 0.0472. The van der Waals surface area contributed by atoms with Gasteiger partial charge in [0.15, 0.2) is 11.6 Å². The van der Waals surface area contributed by atoms with E-state index in [9.17, 15) is 26.3 Å². The first kappa shape index (κ1) is 11.5. The van der Waals surface area contributed by atoms with Gasteiger partial charge in [-0.3, -0.25) is 9.59 Å². The number of fused-ring (bicyclic) bond motifs is 5. The molecule has 0 amide bonds. The van der Waals surface area contributed by atoms with Gasteiger partial charge in [-0.25, -0.2) is 0 Å². The zero-order chi connectivity index (χ0) is 25.2. The summed E-state index contributed by atoms with van der Waals surface area (Å²) >= 11 is 0. The monoisotopic (exact) mass is 367 g/mol. The van der Waals surface area contributed by atoms with Crippen LogP contribution in [0.2, 0.25) is 0 Å². The lowest BCUT2D eigenvalue weighted by Gasteiger charge is -2.59. The highest BCUT2D eigenvalue weighted by molar-refractivity contribution is 6.01. The zero-order valence-corrected chi connectivity index (χ0v) is 14.8. The molecule has 0 aromatic rings. The zero-order valence-electron chi connectivity index (χ0n) is 21.8. The average Bonchev–Trinajstić information content (AvgIpc) is 3.00. The van der Waals surface area contributed by atoms with Gasteiger partial charge in [0.2, 0.25) is 0 Å². The molecular formula is C21H28O5. The number of ketones is 2. The van der Waals surface area contributed by atoms with Crippen molar-refractivity contribution in [3.8, 4) is 0 Å². The van der Waals surface area contributed by atoms with Gasteiger partial charge in [-0.15, -0.1) is 0 Å². The topological polar surface area (TPSA) is 94.8 Å². The third-order valence-electron chi connectivity index (χ3n) is 6.95. The van der Waals surface area contributed by atoms with Gasteiger partial charge in [0.1, 0.15) is 12.2 Å². The van der Waals surface area contributed by atoms with Gasteiger partial charge in [-0.1, -0.05) is 25.5 Å². The molecule has 4 rings (SSSR count). The van der Waals surface area contributed by atoms with E-state index in [2.05, 4.69) is 0 Å². The Hall–Kier alpha value is -1.30. The van der Waals surface area contributed by atoms with Crippen LogP contribution in [-0.4, -0.2) is 45.2 Å². The lowest BCUT2D eigenvalue weighted by Crippen LogP contribution is -2.61. The van der Waals surface area contributed by atoms with Crippen LogP contribution in [0.4, 0.5) is 0 Å². The molecule has 0 radical (unpaired) electrons. The van der Waals surface area contributed by atoms with E-state index in [4.69, 9.17) is 8.22 Å². The number of hydrogen-bond donors (Lipinski definition) is 3. The predicted molar refractivity (Wildman–Crippen MR) is 95.0 cm³/mol. The van der Waals surface area contributed by atoms with Crippen LogP contribution in [0.15, 0.2) is 23.8 Å². The van der Waals surface area contributed by atoms with Crippen molar-refractivity contribution in [3.05, 3.63) is 23.8 Å². The first-order valence-electron chi connectivity index (χ1n) is 12.5. The quantitative estimate of drug-likeness (QED) is 0.688. The SMILES string of the molecule is [2H]C1=C[C@@]2(C)C(=C([2H])C1=O)C([2H])C[C@H]1[C@@H]3CC[C@](O)(C(=O)CO)[C@@]3(C)C([2H])([2H])[C@]([2H])(O)[C@@]12[2H]. The van der Waals surface area contributed by atoms with Crippen molar-refractivity contribution in [2.45, 2.75) is 57.6 Å². The summed E-state index contributed by atoms with van der Waals surface area (Å²) in [6.45, 7) is 1.52. The highest BCUT2D eigenvalue weighted by Gasteiger charge is 2.67. The molecule has 0 spiro atoms. The van der Waals surface area contributed by atoms with E-state index in [1.807, 2.05) is 0 Å². The van der Waals surface area contributed by atoms with Gasteiger partial charge in [0, 0.05) is 22.2 Å². The third-order valence-corrected chi connectivity index (χ3v) is 6.95. The molecule has 26 heavy (non-hydrogen) atoms. The predicted octanol–water partition coefficient (Wildman–Crippen LogP) is 1.56. The summed E-state index contributed by atoms with van der Waals surface area (Å²) in [4.78, 5) is 24.9. The fourth-order valence-corrected chi connectivity index (χ4v) is 5.49. The molecule has 4 aliphatic carbocycles. The molecule has 142 valence electrons. The highest BCUT2D eigenvalue weighted by Crippen LogP contribution is 2.67. The van der Waals surface area contributed by atoms with Crippen molar-refractivity contribution in [2.24, 2.45) is 28.6 Å². The van der Waals surface area contributed by atoms with E-state index >= 15 is 0 Å². The number of allylic oxidation sites excluding steroid dienone is 4. The summed E-state index contributed by atoms with van der Waals surface area (Å²) < 4.78 is 61.1. The van der Waals surface area contributed by atoms with Crippen molar-refractivity contribution in [1.29, 1.82) is 0 Å². The van der Waals surface area contributed by atoms with Crippen LogP contribution in [0, 0.1) is 28.6 Å². The van der Waals surface area contributed by atoms with Gasteiger partial charge in [0.05, 0.1) is 10.2 Å². The maximum atomic E-state index is 12.6. The highest BCUT2D eigenvalue weighted by atomic mass is 16.3. The Morgan fingerprint density at radius 2 is 2.19 bits per heavy atom. The molecule has 3 saturated carbocycles. The van der Waals surface area contributed by atoms with Crippen LogP contribution in [0.25, 0.3) is 0 Å². The van der Waals surface area contributed by atoms with E-state index in [-0.39, 0.29) is 24.8 Å². The summed E-state index contributed by atoms with van der Waals surface area (Å²) in [5, 5.41) is 32.4. The minimum Gasteiger partial charge on any atom is -0.393 e. The van der Waals surface area contributed by atoms with E-state index in [0.29, 0.717) is 0 Å². The van der Waals surface area contributed by atoms with Crippen molar-refractivity contribution in [2.75, 3.05) is 6.61 Å². The van der Waals surface area contributed by atoms with Gasteiger partial charge < -0.3 is 15.3 Å². The Balaban J connectivity index is 2.05. The molecule has 0 aliphatic heterocycles. The molecule has 3 fully saturated rings. The van der Waals surface area contributed by atoms with Crippen LogP contribution < -0.4 is 0 Å². The second-order valence-electron chi connectivity index (χ2n) is 8.08. The van der Waals surface area contributed by atoms with Crippen LogP contribution in [0.1, 0.15) is 55.5 Å². The molecule has 0 saturated heterocycles. The van der Waals surface area contributed by atoms with E-state index in [1.165, 1.54) is 13.8 Å². The van der Waals surface area contributed by atoms with Crippen LogP contribution in [0.3, 0.4) is 0 Å². The third kappa shape index (κ3) is 2.08. The first-order chi connectivity index (χ1) is 14.9. The first-order valence-corrected chi connectivity index (χ1v) is 8.88. The summed E-state index contributed by atoms with van der Waals surface area (Å²) in [5.41, 5.74) is -6.47. The number of aliphatic hydroxyl groups is 3. The standard InChI is InChI=1S/C21H28O5/c1-19-7-5-13(23)9-12(19)3-4-14-15-6-8-21(26,17(25)11-22)20(15,2)10-16(24)18(14)19/h5,7,9,14-16,18,22,24,26H,3-4,6,8,10-11H2,1-2H3/t14-,15-,16-,18+,19-,20-,21-/m0/s1/i3D,5D,9D,10D2,16D,18D/t3?,14-,15-,16-,18+,19-,20-,21-. The molecule has 0 bridgehead atoms. The molecule has 0 aromatic heterocycles. The van der Waals surface area contributed by atoms with Crippen molar-refractivity contribution in [1.82, 2.24) is 0 Å². The number of rotatable bonds is 2. The van der Waals surface area contributed by atoms with Crippen LogP contribution in [-0.2, 0) is 9.59 Å². The van der Waals surface area contributed by atoms with Gasteiger partial charge in [-0.05, 0) is 56.0 Å². The second-order valence-corrected chi connectivity index (χ2v) is 8.08. The van der Waals surface area contributed by atoms with E-state index in [0.717, 1.165) is 6.08 Å². The molecule has 5 heteroatoms. The van der Waals surface area contributed by atoms with Crippen molar-refractivity contribution >= 4 is 11.6 Å². The number of Topliss-reactive ketones (excluding diaryl/α,β-unsaturated/α-hetero) is 1. The van der Waals surface area contributed by atoms with Gasteiger partial charge in [0.25, 0.3) is 0 Å². The maximum absolute atomic E-state index is 12.6. The summed E-state index contributed by atoms with van der Waals surface area (Å²) in [6.07, 6.45) is -6.92. The number of aliphatic hydroxyl groups excluding tert-OH is 1. The maximum Gasteiger partial charge on any atom is 0.190 e. The van der Waals surface area contributed by atoms with Crippen LogP contribution in [0.5, 0.6) is 0 Å². The molecular weight excluding hydrogens is 332 g/mol. The normalized spacial score (nSPS) is 65.0. The van der Waals surface area contributed by atoms with Gasteiger partial charge in [-0.2, -0.15) is 0 Å². The van der Waals surface area contributed by atoms with Gasteiger partial charge >= 0.3 is 0 Å². The fraction of sp³-hybridized carbons (Fsp3) is 0.714. The van der Waals surface area contributed by atoms with Crippen molar-refractivity contribution < 1.29 is 34.5 Å². The Labute approximate surface area is 163 Å². The van der Waals surface area contributed by atoms with E-state index in [1.54, 1.807) is 0 Å². The number of carbonyl (C=O) groups excluding carboxylic acids is 2.